The first-order valence-corrected chi connectivity index (χ1v) is 10.2. The molecule has 0 saturated heterocycles. The molecule has 0 bridgehead atoms. The van der Waals surface area contributed by atoms with Crippen LogP contribution in [0.4, 0.5) is 0 Å². The van der Waals surface area contributed by atoms with Crippen LogP contribution in [0.15, 0.2) is 60.8 Å². The van der Waals surface area contributed by atoms with Crippen molar-refractivity contribution >= 4 is 22.7 Å². The molecule has 0 aliphatic rings. The number of rotatable bonds is 10. The van der Waals surface area contributed by atoms with E-state index in [9.17, 15) is 9.59 Å². The second-order valence-electron chi connectivity index (χ2n) is 7.30. The third-order valence-electron chi connectivity index (χ3n) is 5.19. The molecule has 0 atom stereocenters. The van der Waals surface area contributed by atoms with Gasteiger partial charge in [0.15, 0.2) is 0 Å². The minimum Gasteiger partial charge on any atom is -0.361 e. The van der Waals surface area contributed by atoms with Gasteiger partial charge in [0.2, 0.25) is 11.8 Å². The van der Waals surface area contributed by atoms with E-state index in [1.165, 1.54) is 16.5 Å². The van der Waals surface area contributed by atoms with Crippen molar-refractivity contribution < 1.29 is 9.59 Å². The zero-order valence-corrected chi connectivity index (χ0v) is 17.0. The summed E-state index contributed by atoms with van der Waals surface area (Å²) in [5.74, 6) is -0.00174. The Hall–Kier alpha value is -3.08. The Labute approximate surface area is 172 Å². The fourth-order valence-corrected chi connectivity index (χ4v) is 3.51. The van der Waals surface area contributed by atoms with E-state index in [4.69, 9.17) is 0 Å². The van der Waals surface area contributed by atoms with Gasteiger partial charge in [-0.25, -0.2) is 0 Å². The number of aromatic amines is 1. The summed E-state index contributed by atoms with van der Waals surface area (Å²) >= 11 is 0. The van der Waals surface area contributed by atoms with Gasteiger partial charge in [0, 0.05) is 50.1 Å². The molecule has 152 valence electrons. The fraction of sp³-hybridized carbons (Fsp3) is 0.333. The number of aromatic nitrogens is 1. The SMILES string of the molecule is CC(=O)N(CCC(=O)NCCCc1ccccc1)CCc1c[nH]c2ccccc12. The summed E-state index contributed by atoms with van der Waals surface area (Å²) in [5.41, 5.74) is 3.57. The lowest BCUT2D eigenvalue weighted by Gasteiger charge is -2.20. The Morgan fingerprint density at radius 3 is 2.52 bits per heavy atom. The molecule has 0 radical (unpaired) electrons. The Morgan fingerprint density at radius 1 is 0.966 bits per heavy atom. The third-order valence-corrected chi connectivity index (χ3v) is 5.19. The van der Waals surface area contributed by atoms with Crippen LogP contribution in [0.3, 0.4) is 0 Å². The summed E-state index contributed by atoms with van der Waals surface area (Å²) in [6, 6.07) is 18.4. The van der Waals surface area contributed by atoms with Crippen LogP contribution in [0.5, 0.6) is 0 Å². The van der Waals surface area contributed by atoms with Gasteiger partial charge in [-0.3, -0.25) is 9.59 Å². The lowest BCUT2D eigenvalue weighted by molar-refractivity contribution is -0.129. The molecule has 0 unspecified atom stereocenters. The van der Waals surface area contributed by atoms with Crippen LogP contribution in [-0.4, -0.2) is 41.3 Å². The first-order valence-electron chi connectivity index (χ1n) is 10.2. The molecule has 5 heteroatoms. The van der Waals surface area contributed by atoms with Gasteiger partial charge >= 0.3 is 0 Å². The third kappa shape index (κ3) is 6.21. The highest BCUT2D eigenvalue weighted by atomic mass is 16.2. The molecule has 3 rings (SSSR count). The number of hydrogen-bond donors (Lipinski definition) is 2. The molecule has 5 nitrogen and oxygen atoms in total. The summed E-state index contributed by atoms with van der Waals surface area (Å²) in [6.07, 6.45) is 4.96. The van der Waals surface area contributed by atoms with Gasteiger partial charge in [0.1, 0.15) is 0 Å². The van der Waals surface area contributed by atoms with E-state index in [-0.39, 0.29) is 11.8 Å². The number of para-hydroxylation sites is 1. The van der Waals surface area contributed by atoms with Crippen LogP contribution in [0, 0.1) is 0 Å². The predicted molar refractivity (Wildman–Crippen MR) is 117 cm³/mol. The minimum absolute atomic E-state index is 0.00159. The van der Waals surface area contributed by atoms with E-state index < -0.39 is 0 Å². The second-order valence-corrected chi connectivity index (χ2v) is 7.30. The van der Waals surface area contributed by atoms with Crippen molar-refractivity contribution in [2.45, 2.75) is 32.6 Å². The lowest BCUT2D eigenvalue weighted by atomic mass is 10.1. The number of fused-ring (bicyclic) bond motifs is 1. The molecule has 1 heterocycles. The summed E-state index contributed by atoms with van der Waals surface area (Å²) in [4.78, 5) is 29.1. The van der Waals surface area contributed by atoms with Crippen molar-refractivity contribution in [1.29, 1.82) is 0 Å². The van der Waals surface area contributed by atoms with E-state index in [1.54, 1.807) is 11.8 Å². The topological polar surface area (TPSA) is 65.2 Å². The standard InChI is InChI=1S/C24H29N3O2/c1-19(28)27(16-13-21-18-26-23-12-6-5-11-22(21)23)17-14-24(29)25-15-7-10-20-8-3-2-4-9-20/h2-6,8-9,11-12,18,26H,7,10,13-17H2,1H3,(H,25,29). The largest absolute Gasteiger partial charge is 0.361 e. The van der Waals surface area contributed by atoms with Gasteiger partial charge < -0.3 is 15.2 Å². The average molecular weight is 392 g/mol. The highest BCUT2D eigenvalue weighted by Gasteiger charge is 2.12. The number of hydrogen-bond acceptors (Lipinski definition) is 2. The van der Waals surface area contributed by atoms with Crippen LogP contribution < -0.4 is 5.32 Å². The molecule has 0 spiro atoms. The Balaban J connectivity index is 1.39. The maximum absolute atomic E-state index is 12.1. The molecule has 2 N–H and O–H groups in total. The van der Waals surface area contributed by atoms with E-state index in [0.29, 0.717) is 26.1 Å². The van der Waals surface area contributed by atoms with Crippen molar-refractivity contribution in [2.24, 2.45) is 0 Å². The molecular formula is C24H29N3O2. The van der Waals surface area contributed by atoms with E-state index in [2.05, 4.69) is 28.5 Å². The van der Waals surface area contributed by atoms with Crippen molar-refractivity contribution in [3.05, 3.63) is 71.9 Å². The molecule has 0 saturated carbocycles. The number of H-pyrrole nitrogens is 1. The second kappa shape index (κ2) is 10.5. The molecule has 29 heavy (non-hydrogen) atoms. The highest BCUT2D eigenvalue weighted by molar-refractivity contribution is 5.83. The van der Waals surface area contributed by atoms with Gasteiger partial charge in [-0.05, 0) is 36.5 Å². The summed E-state index contributed by atoms with van der Waals surface area (Å²) in [5, 5.41) is 4.15. The van der Waals surface area contributed by atoms with E-state index in [0.717, 1.165) is 24.8 Å². The molecule has 0 fully saturated rings. The van der Waals surface area contributed by atoms with Crippen LogP contribution in [-0.2, 0) is 22.4 Å². The van der Waals surface area contributed by atoms with Gasteiger partial charge in [-0.15, -0.1) is 0 Å². The average Bonchev–Trinajstić information content (AvgIpc) is 3.15. The van der Waals surface area contributed by atoms with Gasteiger partial charge in [-0.2, -0.15) is 0 Å². The van der Waals surface area contributed by atoms with Gasteiger partial charge in [0.05, 0.1) is 0 Å². The number of amides is 2. The number of aryl methyl sites for hydroxylation is 1. The van der Waals surface area contributed by atoms with Crippen LogP contribution in [0.1, 0.15) is 30.9 Å². The monoisotopic (exact) mass is 391 g/mol. The highest BCUT2D eigenvalue weighted by Crippen LogP contribution is 2.18. The van der Waals surface area contributed by atoms with Crippen molar-refractivity contribution in [1.82, 2.24) is 15.2 Å². The molecule has 2 amide bonds. The predicted octanol–water partition coefficient (Wildman–Crippen LogP) is 3.70. The van der Waals surface area contributed by atoms with Gasteiger partial charge in [0.25, 0.3) is 0 Å². The number of carbonyl (C=O) groups is 2. The molecule has 3 aromatic rings. The summed E-state index contributed by atoms with van der Waals surface area (Å²) in [7, 11) is 0. The zero-order valence-electron chi connectivity index (χ0n) is 17.0. The van der Waals surface area contributed by atoms with Crippen molar-refractivity contribution in [2.75, 3.05) is 19.6 Å². The van der Waals surface area contributed by atoms with Crippen molar-refractivity contribution in [3.8, 4) is 0 Å². The van der Waals surface area contributed by atoms with E-state index >= 15 is 0 Å². The summed E-state index contributed by atoms with van der Waals surface area (Å²) in [6.45, 7) is 3.27. The zero-order chi connectivity index (χ0) is 20.5. The smallest absolute Gasteiger partial charge is 0.221 e. The number of nitrogens with zero attached hydrogens (tertiary/aromatic N) is 1. The Bertz CT molecular complexity index is 933. The maximum Gasteiger partial charge on any atom is 0.221 e. The molecule has 2 aromatic carbocycles. The Morgan fingerprint density at radius 2 is 1.72 bits per heavy atom. The Kier molecular flexibility index (Phi) is 7.45. The molecule has 1 aromatic heterocycles. The van der Waals surface area contributed by atoms with Crippen LogP contribution in [0.2, 0.25) is 0 Å². The number of benzene rings is 2. The fourth-order valence-electron chi connectivity index (χ4n) is 3.51. The first kappa shape index (κ1) is 20.6. The lowest BCUT2D eigenvalue weighted by Crippen LogP contribution is -2.35. The molecular weight excluding hydrogens is 362 g/mol. The number of carbonyl (C=O) groups excluding carboxylic acids is 2. The maximum atomic E-state index is 12.1. The quantitative estimate of drug-likeness (QED) is 0.518. The van der Waals surface area contributed by atoms with Crippen LogP contribution in [0.25, 0.3) is 10.9 Å². The van der Waals surface area contributed by atoms with Crippen LogP contribution >= 0.6 is 0 Å². The minimum atomic E-state index is -0.00333. The molecule has 0 aliphatic carbocycles. The first-order chi connectivity index (χ1) is 14.1. The van der Waals surface area contributed by atoms with Gasteiger partial charge in [-0.1, -0.05) is 48.5 Å². The normalized spacial score (nSPS) is 10.8. The summed E-state index contributed by atoms with van der Waals surface area (Å²) < 4.78 is 0. The van der Waals surface area contributed by atoms with E-state index in [1.807, 2.05) is 42.6 Å². The number of nitrogens with one attached hydrogen (secondary N) is 2. The molecule has 0 aliphatic heterocycles. The van der Waals surface area contributed by atoms with Crippen molar-refractivity contribution in [3.63, 3.8) is 0 Å².